The highest BCUT2D eigenvalue weighted by atomic mass is 16.5. The number of likely N-dealkylation sites (tertiary alicyclic amines) is 1. The van der Waals surface area contributed by atoms with Crippen LogP contribution in [0.3, 0.4) is 0 Å². The van der Waals surface area contributed by atoms with Crippen molar-refractivity contribution in [3.63, 3.8) is 0 Å². The monoisotopic (exact) mass is 445 g/mol. The number of aromatic nitrogens is 1. The maximum Gasteiger partial charge on any atom is 0.227 e. The van der Waals surface area contributed by atoms with Crippen LogP contribution in [-0.4, -0.2) is 50.1 Å². The highest BCUT2D eigenvalue weighted by Crippen LogP contribution is 2.38. The van der Waals surface area contributed by atoms with Crippen LogP contribution in [0, 0.1) is 5.41 Å². The van der Waals surface area contributed by atoms with Crippen LogP contribution < -0.4 is 14.8 Å². The largest absolute Gasteiger partial charge is 0.496 e. The SMILES string of the molecule is CNC(=O)C1(Cc2ccc(-c3cccnc3)cc2)CCN(Cc2c(OC)cccc2OC)C1. The molecule has 172 valence electrons. The third kappa shape index (κ3) is 4.86. The van der Waals surface area contributed by atoms with Crippen molar-refractivity contribution in [2.75, 3.05) is 34.4 Å². The molecule has 2 aromatic carbocycles. The quantitative estimate of drug-likeness (QED) is 0.569. The number of carbonyl (C=O) groups is 1. The van der Waals surface area contributed by atoms with E-state index >= 15 is 0 Å². The van der Waals surface area contributed by atoms with Crippen LogP contribution in [0.4, 0.5) is 0 Å². The summed E-state index contributed by atoms with van der Waals surface area (Å²) in [4.78, 5) is 19.6. The Labute approximate surface area is 195 Å². The fraction of sp³-hybridized carbons (Fsp3) is 0.333. The van der Waals surface area contributed by atoms with E-state index in [1.807, 2.05) is 30.5 Å². The van der Waals surface area contributed by atoms with Gasteiger partial charge in [0.25, 0.3) is 0 Å². The second-order valence-corrected chi connectivity index (χ2v) is 8.58. The molecule has 1 aliphatic heterocycles. The van der Waals surface area contributed by atoms with Crippen molar-refractivity contribution in [3.8, 4) is 22.6 Å². The van der Waals surface area contributed by atoms with Gasteiger partial charge in [-0.05, 0) is 54.3 Å². The molecule has 2 heterocycles. The van der Waals surface area contributed by atoms with Crippen LogP contribution in [0.5, 0.6) is 11.5 Å². The van der Waals surface area contributed by atoms with Gasteiger partial charge in [0, 0.05) is 32.5 Å². The van der Waals surface area contributed by atoms with Crippen LogP contribution in [-0.2, 0) is 17.8 Å². The summed E-state index contributed by atoms with van der Waals surface area (Å²) >= 11 is 0. The lowest BCUT2D eigenvalue weighted by Gasteiger charge is -2.28. The van der Waals surface area contributed by atoms with Gasteiger partial charge < -0.3 is 14.8 Å². The lowest BCUT2D eigenvalue weighted by Crippen LogP contribution is -2.43. The molecule has 0 radical (unpaired) electrons. The molecule has 6 heteroatoms. The first-order chi connectivity index (χ1) is 16.1. The lowest BCUT2D eigenvalue weighted by molar-refractivity contribution is -0.130. The van der Waals surface area contributed by atoms with Gasteiger partial charge >= 0.3 is 0 Å². The number of rotatable bonds is 8. The fourth-order valence-corrected chi connectivity index (χ4v) is 4.82. The van der Waals surface area contributed by atoms with E-state index in [4.69, 9.17) is 9.47 Å². The summed E-state index contributed by atoms with van der Waals surface area (Å²) in [5, 5.41) is 2.91. The summed E-state index contributed by atoms with van der Waals surface area (Å²) in [5.74, 6) is 1.70. The van der Waals surface area contributed by atoms with Crippen LogP contribution in [0.1, 0.15) is 17.5 Å². The molecule has 1 aliphatic rings. The van der Waals surface area contributed by atoms with Gasteiger partial charge in [-0.3, -0.25) is 14.7 Å². The first-order valence-electron chi connectivity index (χ1n) is 11.2. The molecular weight excluding hydrogens is 414 g/mol. The number of ether oxygens (including phenoxy) is 2. The predicted octanol–water partition coefficient (Wildman–Crippen LogP) is 3.95. The number of methoxy groups -OCH3 is 2. The zero-order valence-corrected chi connectivity index (χ0v) is 19.5. The summed E-state index contributed by atoms with van der Waals surface area (Å²) in [5.41, 5.74) is 3.90. The Kier molecular flexibility index (Phi) is 6.94. The van der Waals surface area contributed by atoms with Crippen molar-refractivity contribution < 1.29 is 14.3 Å². The van der Waals surface area contributed by atoms with Crippen LogP contribution in [0.25, 0.3) is 11.1 Å². The minimum absolute atomic E-state index is 0.0910. The van der Waals surface area contributed by atoms with E-state index in [0.717, 1.165) is 46.7 Å². The van der Waals surface area contributed by atoms with Crippen LogP contribution in [0.2, 0.25) is 0 Å². The zero-order valence-electron chi connectivity index (χ0n) is 19.5. The van der Waals surface area contributed by atoms with Crippen molar-refractivity contribution in [2.45, 2.75) is 19.4 Å². The van der Waals surface area contributed by atoms with E-state index in [2.05, 4.69) is 45.5 Å². The number of benzene rings is 2. The normalized spacial score (nSPS) is 18.2. The Hall–Kier alpha value is -3.38. The first-order valence-corrected chi connectivity index (χ1v) is 11.2. The van der Waals surface area contributed by atoms with E-state index in [-0.39, 0.29) is 5.91 Å². The molecular formula is C27H31N3O3. The Bertz CT molecular complexity index is 1060. The highest BCUT2D eigenvalue weighted by Gasteiger charge is 2.44. The first kappa shape index (κ1) is 22.8. The molecule has 1 aromatic heterocycles. The molecule has 1 fully saturated rings. The summed E-state index contributed by atoms with van der Waals surface area (Å²) in [7, 11) is 5.07. The third-order valence-corrected chi connectivity index (χ3v) is 6.54. The van der Waals surface area contributed by atoms with E-state index < -0.39 is 5.41 Å². The van der Waals surface area contributed by atoms with Gasteiger partial charge in [0.2, 0.25) is 5.91 Å². The smallest absolute Gasteiger partial charge is 0.227 e. The van der Waals surface area contributed by atoms with Crippen molar-refractivity contribution in [1.29, 1.82) is 0 Å². The Morgan fingerprint density at radius 3 is 2.36 bits per heavy atom. The maximum absolute atomic E-state index is 13.1. The molecule has 4 rings (SSSR count). The average Bonchev–Trinajstić information content (AvgIpc) is 3.28. The van der Waals surface area contributed by atoms with Crippen molar-refractivity contribution in [3.05, 3.63) is 78.1 Å². The standard InChI is InChI=1S/C27H31N3O3/c1-28-26(31)27(16-20-9-11-21(12-10-20)22-6-5-14-29-17-22)13-15-30(19-27)18-23-24(32-2)7-4-8-25(23)33-3/h4-12,14,17H,13,15-16,18-19H2,1-3H3,(H,28,31). The van der Waals surface area contributed by atoms with E-state index in [1.54, 1.807) is 27.5 Å². The molecule has 33 heavy (non-hydrogen) atoms. The molecule has 6 nitrogen and oxygen atoms in total. The number of nitrogens with one attached hydrogen (secondary N) is 1. The van der Waals surface area contributed by atoms with E-state index in [9.17, 15) is 4.79 Å². The van der Waals surface area contributed by atoms with Crippen molar-refractivity contribution >= 4 is 5.91 Å². The van der Waals surface area contributed by atoms with Crippen LogP contribution >= 0.6 is 0 Å². The second-order valence-electron chi connectivity index (χ2n) is 8.58. The molecule has 0 spiro atoms. The Morgan fingerprint density at radius 1 is 1.03 bits per heavy atom. The van der Waals surface area contributed by atoms with Gasteiger partial charge in [-0.15, -0.1) is 0 Å². The molecule has 1 N–H and O–H groups in total. The number of hydrogen-bond donors (Lipinski definition) is 1. The summed E-state index contributed by atoms with van der Waals surface area (Å²) in [6.45, 7) is 2.19. The van der Waals surface area contributed by atoms with Gasteiger partial charge in [0.05, 0.1) is 25.2 Å². The number of nitrogens with zero attached hydrogens (tertiary/aromatic N) is 2. The molecule has 0 saturated carbocycles. The fourth-order valence-electron chi connectivity index (χ4n) is 4.82. The van der Waals surface area contributed by atoms with Crippen LogP contribution in [0.15, 0.2) is 67.0 Å². The molecule has 1 atom stereocenters. The summed E-state index contributed by atoms with van der Waals surface area (Å²) in [6.07, 6.45) is 5.13. The van der Waals surface area contributed by atoms with Gasteiger partial charge in [-0.2, -0.15) is 0 Å². The molecule has 1 unspecified atom stereocenters. The minimum atomic E-state index is -0.472. The number of carbonyl (C=O) groups excluding carboxylic acids is 1. The third-order valence-electron chi connectivity index (χ3n) is 6.54. The topological polar surface area (TPSA) is 63.7 Å². The van der Waals surface area contributed by atoms with Gasteiger partial charge in [0.15, 0.2) is 0 Å². The molecule has 0 bridgehead atoms. The highest BCUT2D eigenvalue weighted by molar-refractivity contribution is 5.83. The Balaban J connectivity index is 1.53. The average molecular weight is 446 g/mol. The maximum atomic E-state index is 13.1. The van der Waals surface area contributed by atoms with Crippen molar-refractivity contribution in [2.24, 2.45) is 5.41 Å². The van der Waals surface area contributed by atoms with Gasteiger partial charge in [-0.1, -0.05) is 36.4 Å². The summed E-state index contributed by atoms with van der Waals surface area (Å²) in [6, 6.07) is 18.3. The zero-order chi connectivity index (χ0) is 23.3. The van der Waals surface area contributed by atoms with E-state index in [1.165, 1.54) is 0 Å². The van der Waals surface area contributed by atoms with E-state index in [0.29, 0.717) is 19.5 Å². The minimum Gasteiger partial charge on any atom is -0.496 e. The number of amides is 1. The van der Waals surface area contributed by atoms with Gasteiger partial charge in [-0.25, -0.2) is 0 Å². The summed E-state index contributed by atoms with van der Waals surface area (Å²) < 4.78 is 11.1. The van der Waals surface area contributed by atoms with Gasteiger partial charge in [0.1, 0.15) is 11.5 Å². The molecule has 3 aromatic rings. The number of pyridine rings is 1. The predicted molar refractivity (Wildman–Crippen MR) is 129 cm³/mol. The lowest BCUT2D eigenvalue weighted by atomic mass is 9.79. The Morgan fingerprint density at radius 2 is 1.76 bits per heavy atom. The molecule has 1 amide bonds. The van der Waals surface area contributed by atoms with Crippen molar-refractivity contribution in [1.82, 2.24) is 15.2 Å². The number of hydrogen-bond acceptors (Lipinski definition) is 5. The molecule has 0 aliphatic carbocycles. The second kappa shape index (κ2) is 10.0. The molecule has 1 saturated heterocycles.